The van der Waals surface area contributed by atoms with E-state index in [0.717, 1.165) is 25.2 Å². The Bertz CT molecular complexity index is 394. The Hall–Kier alpha value is -0.980. The lowest BCUT2D eigenvalue weighted by Crippen LogP contribution is -2.34. The quantitative estimate of drug-likeness (QED) is 0.840. The van der Waals surface area contributed by atoms with Crippen LogP contribution in [-0.4, -0.2) is 53.1 Å². The summed E-state index contributed by atoms with van der Waals surface area (Å²) in [5.41, 5.74) is 0. The van der Waals surface area contributed by atoms with E-state index < -0.39 is 6.10 Å². The fourth-order valence-electron chi connectivity index (χ4n) is 2.47. The van der Waals surface area contributed by atoms with Crippen molar-refractivity contribution in [2.24, 2.45) is 0 Å². The van der Waals surface area contributed by atoms with Gasteiger partial charge in [0.25, 0.3) is 0 Å². The standard InChI is InChI=1S/C13H23N3O3/c1-9(2)13-14-12(15-19-13)11-5-4-6-16(11)7-10(17)8-18-3/h9-11,17H,4-8H2,1-3H3/t10-,11-/m1/s1. The van der Waals surface area contributed by atoms with Crippen molar-refractivity contribution in [1.29, 1.82) is 0 Å². The number of aliphatic hydroxyl groups is 1. The van der Waals surface area contributed by atoms with Crippen molar-refractivity contribution >= 4 is 0 Å². The van der Waals surface area contributed by atoms with Crippen molar-refractivity contribution in [3.05, 3.63) is 11.7 Å². The SMILES string of the molecule is COC[C@H](O)CN1CCC[C@@H]1c1noc(C(C)C)n1. The first-order valence-corrected chi connectivity index (χ1v) is 6.86. The molecule has 0 saturated carbocycles. The summed E-state index contributed by atoms with van der Waals surface area (Å²) in [4.78, 5) is 6.67. The van der Waals surface area contributed by atoms with Gasteiger partial charge in [-0.2, -0.15) is 4.98 Å². The third-order valence-corrected chi connectivity index (χ3v) is 3.42. The highest BCUT2D eigenvalue weighted by molar-refractivity contribution is 5.00. The van der Waals surface area contributed by atoms with Gasteiger partial charge >= 0.3 is 0 Å². The third kappa shape index (κ3) is 3.52. The fraction of sp³-hybridized carbons (Fsp3) is 0.846. The molecule has 2 rings (SSSR count). The van der Waals surface area contributed by atoms with Crippen LogP contribution in [0.1, 0.15) is 50.4 Å². The zero-order chi connectivity index (χ0) is 13.8. The van der Waals surface area contributed by atoms with Crippen LogP contribution in [-0.2, 0) is 4.74 Å². The summed E-state index contributed by atoms with van der Waals surface area (Å²) in [5.74, 6) is 1.67. The molecule has 1 aromatic rings. The summed E-state index contributed by atoms with van der Waals surface area (Å²) in [5, 5.41) is 13.9. The number of ether oxygens (including phenoxy) is 1. The van der Waals surface area contributed by atoms with Gasteiger partial charge in [-0.25, -0.2) is 0 Å². The first kappa shape index (κ1) is 14.4. The summed E-state index contributed by atoms with van der Waals surface area (Å²) in [6.07, 6.45) is 1.63. The van der Waals surface area contributed by atoms with Crippen LogP contribution < -0.4 is 0 Å². The summed E-state index contributed by atoms with van der Waals surface area (Å²) >= 11 is 0. The molecule has 0 radical (unpaired) electrons. The molecule has 2 atom stereocenters. The van der Waals surface area contributed by atoms with E-state index in [1.54, 1.807) is 7.11 Å². The Kier molecular flexibility index (Phi) is 4.90. The maximum atomic E-state index is 9.84. The van der Waals surface area contributed by atoms with E-state index in [2.05, 4.69) is 15.0 Å². The van der Waals surface area contributed by atoms with Crippen LogP contribution in [0.5, 0.6) is 0 Å². The molecule has 0 amide bonds. The molecule has 0 spiro atoms. The number of methoxy groups -OCH3 is 1. The Morgan fingerprint density at radius 1 is 1.53 bits per heavy atom. The Balaban J connectivity index is 2.01. The molecule has 2 heterocycles. The van der Waals surface area contributed by atoms with E-state index in [1.165, 1.54) is 0 Å². The minimum atomic E-state index is -0.470. The van der Waals surface area contributed by atoms with Crippen molar-refractivity contribution in [3.63, 3.8) is 0 Å². The molecule has 6 nitrogen and oxygen atoms in total. The molecule has 1 aliphatic heterocycles. The molecular formula is C13H23N3O3. The Labute approximate surface area is 113 Å². The van der Waals surface area contributed by atoms with Gasteiger partial charge in [-0.3, -0.25) is 4.90 Å². The van der Waals surface area contributed by atoms with Crippen molar-refractivity contribution < 1.29 is 14.4 Å². The van der Waals surface area contributed by atoms with E-state index >= 15 is 0 Å². The lowest BCUT2D eigenvalue weighted by atomic mass is 10.2. The van der Waals surface area contributed by atoms with Gasteiger partial charge in [0.05, 0.1) is 18.8 Å². The predicted molar refractivity (Wildman–Crippen MR) is 69.8 cm³/mol. The van der Waals surface area contributed by atoms with Crippen LogP contribution in [0.15, 0.2) is 4.52 Å². The first-order chi connectivity index (χ1) is 9.11. The smallest absolute Gasteiger partial charge is 0.229 e. The van der Waals surface area contributed by atoms with E-state index in [4.69, 9.17) is 9.26 Å². The molecule has 0 aromatic carbocycles. The van der Waals surface area contributed by atoms with Gasteiger partial charge in [-0.1, -0.05) is 19.0 Å². The normalized spacial score (nSPS) is 22.3. The van der Waals surface area contributed by atoms with Crippen LogP contribution >= 0.6 is 0 Å². The molecule has 1 N–H and O–H groups in total. The Morgan fingerprint density at radius 2 is 2.32 bits per heavy atom. The number of likely N-dealkylation sites (tertiary alicyclic amines) is 1. The van der Waals surface area contributed by atoms with E-state index in [-0.39, 0.29) is 12.0 Å². The molecule has 19 heavy (non-hydrogen) atoms. The maximum absolute atomic E-state index is 9.84. The van der Waals surface area contributed by atoms with Crippen LogP contribution in [0.25, 0.3) is 0 Å². The van der Waals surface area contributed by atoms with E-state index in [9.17, 15) is 5.11 Å². The highest BCUT2D eigenvalue weighted by atomic mass is 16.5. The van der Waals surface area contributed by atoms with E-state index in [0.29, 0.717) is 19.0 Å². The zero-order valence-electron chi connectivity index (χ0n) is 11.9. The number of rotatable bonds is 6. The number of aromatic nitrogens is 2. The second kappa shape index (κ2) is 6.45. The van der Waals surface area contributed by atoms with Gasteiger partial charge in [0.2, 0.25) is 5.89 Å². The monoisotopic (exact) mass is 269 g/mol. The van der Waals surface area contributed by atoms with Gasteiger partial charge in [0.1, 0.15) is 0 Å². The molecule has 1 aliphatic rings. The maximum Gasteiger partial charge on any atom is 0.229 e. The molecular weight excluding hydrogens is 246 g/mol. The van der Waals surface area contributed by atoms with Crippen molar-refractivity contribution in [3.8, 4) is 0 Å². The number of β-amino-alcohol motifs (C(OH)–C–C–N with tert-alkyl or cyclic N) is 1. The minimum absolute atomic E-state index is 0.155. The number of aliphatic hydroxyl groups excluding tert-OH is 1. The second-order valence-corrected chi connectivity index (χ2v) is 5.41. The number of hydrogen-bond acceptors (Lipinski definition) is 6. The van der Waals surface area contributed by atoms with Gasteiger partial charge in [0.15, 0.2) is 5.82 Å². The largest absolute Gasteiger partial charge is 0.389 e. The predicted octanol–water partition coefficient (Wildman–Crippen LogP) is 1.34. The van der Waals surface area contributed by atoms with Crippen molar-refractivity contribution in [1.82, 2.24) is 15.0 Å². The molecule has 0 aliphatic carbocycles. The second-order valence-electron chi connectivity index (χ2n) is 5.41. The van der Waals surface area contributed by atoms with Crippen LogP contribution in [0, 0.1) is 0 Å². The van der Waals surface area contributed by atoms with Gasteiger partial charge in [0, 0.05) is 19.6 Å². The average Bonchev–Trinajstić information content (AvgIpc) is 2.96. The van der Waals surface area contributed by atoms with Crippen molar-refractivity contribution in [2.75, 3.05) is 26.8 Å². The van der Waals surface area contributed by atoms with E-state index in [1.807, 2.05) is 13.8 Å². The third-order valence-electron chi connectivity index (χ3n) is 3.42. The van der Waals surface area contributed by atoms with Crippen LogP contribution in [0.2, 0.25) is 0 Å². The molecule has 0 unspecified atom stereocenters. The lowest BCUT2D eigenvalue weighted by Gasteiger charge is -2.24. The minimum Gasteiger partial charge on any atom is -0.389 e. The molecule has 1 aromatic heterocycles. The lowest BCUT2D eigenvalue weighted by molar-refractivity contribution is 0.0336. The molecule has 108 valence electrons. The highest BCUT2D eigenvalue weighted by Gasteiger charge is 2.31. The average molecular weight is 269 g/mol. The Morgan fingerprint density at radius 3 is 2.95 bits per heavy atom. The zero-order valence-corrected chi connectivity index (χ0v) is 11.9. The van der Waals surface area contributed by atoms with Gasteiger partial charge < -0.3 is 14.4 Å². The van der Waals surface area contributed by atoms with Crippen LogP contribution in [0.3, 0.4) is 0 Å². The molecule has 6 heteroatoms. The highest BCUT2D eigenvalue weighted by Crippen LogP contribution is 2.30. The summed E-state index contributed by atoms with van der Waals surface area (Å²) in [7, 11) is 1.60. The molecule has 1 saturated heterocycles. The van der Waals surface area contributed by atoms with Gasteiger partial charge in [-0.05, 0) is 19.4 Å². The summed E-state index contributed by atoms with van der Waals surface area (Å²) in [6, 6.07) is 0.155. The first-order valence-electron chi connectivity index (χ1n) is 6.86. The number of nitrogens with zero attached hydrogens (tertiary/aromatic N) is 3. The fourth-order valence-corrected chi connectivity index (χ4v) is 2.47. The molecule has 1 fully saturated rings. The molecule has 0 bridgehead atoms. The summed E-state index contributed by atoms with van der Waals surface area (Å²) < 4.78 is 10.2. The number of hydrogen-bond donors (Lipinski definition) is 1. The summed E-state index contributed by atoms with van der Waals surface area (Å²) in [6.45, 7) is 5.96. The van der Waals surface area contributed by atoms with Crippen molar-refractivity contribution in [2.45, 2.75) is 44.8 Å². The van der Waals surface area contributed by atoms with Crippen LogP contribution in [0.4, 0.5) is 0 Å². The topological polar surface area (TPSA) is 71.6 Å². The van der Waals surface area contributed by atoms with Gasteiger partial charge in [-0.15, -0.1) is 0 Å².